The topological polar surface area (TPSA) is 176 Å². The van der Waals surface area contributed by atoms with Crippen molar-refractivity contribution >= 4 is 39.1 Å². The highest BCUT2D eigenvalue weighted by Crippen LogP contribution is 2.41. The van der Waals surface area contributed by atoms with Gasteiger partial charge in [-0.2, -0.15) is 18.2 Å². The van der Waals surface area contributed by atoms with Crippen molar-refractivity contribution in [2.75, 3.05) is 0 Å². The second-order valence-electron chi connectivity index (χ2n) is 14.8. The van der Waals surface area contributed by atoms with Crippen LogP contribution < -0.4 is 15.0 Å². The van der Waals surface area contributed by atoms with Crippen molar-refractivity contribution < 1.29 is 41.3 Å². The molecule has 16 heteroatoms. The summed E-state index contributed by atoms with van der Waals surface area (Å²) >= 11 is 1.25. The Bertz CT molecular complexity index is 2670. The number of hydrogen-bond acceptors (Lipinski definition) is 12. The highest BCUT2D eigenvalue weighted by Gasteiger charge is 2.57. The molecule has 6 aromatic rings. The largest absolute Gasteiger partial charge is 0.475 e. The molecule has 3 heterocycles. The Morgan fingerprint density at radius 3 is 1.85 bits per heavy atom. The van der Waals surface area contributed by atoms with E-state index in [0.29, 0.717) is 10.1 Å². The predicted octanol–water partition coefficient (Wildman–Crippen LogP) is 7.58. The van der Waals surface area contributed by atoms with E-state index >= 15 is 0 Å². The van der Waals surface area contributed by atoms with Crippen LogP contribution in [0, 0.1) is 12.8 Å². The molecule has 2 aromatic heterocycles. The van der Waals surface area contributed by atoms with Gasteiger partial charge in [0.15, 0.2) is 29.5 Å². The van der Waals surface area contributed by atoms with Crippen molar-refractivity contribution in [2.45, 2.75) is 51.0 Å². The van der Waals surface area contributed by atoms with Crippen LogP contribution in [0.15, 0.2) is 162 Å². The number of hydroxylamine groups is 2. The molecule has 4 aromatic carbocycles. The van der Waals surface area contributed by atoms with Gasteiger partial charge in [-0.05, 0) is 49.1 Å². The Balaban J connectivity index is 1.29. The zero-order chi connectivity index (χ0) is 44.0. The number of benzene rings is 4. The molecule has 0 saturated carbocycles. The van der Waals surface area contributed by atoms with Crippen LogP contribution >= 0.6 is 11.3 Å². The maximum atomic E-state index is 14.2. The number of thiazole rings is 1. The first kappa shape index (κ1) is 43.4. The summed E-state index contributed by atoms with van der Waals surface area (Å²) in [7, 11) is -5.01. The zero-order valence-electron chi connectivity index (χ0n) is 33.8. The fourth-order valence-electron chi connectivity index (χ4n) is 6.98. The molecule has 1 amide bonds. The van der Waals surface area contributed by atoms with Crippen molar-refractivity contribution in [2.24, 2.45) is 11.1 Å². The number of hydrogen-bond donors (Lipinski definition) is 1. The van der Waals surface area contributed by atoms with E-state index < -0.39 is 63.7 Å². The predicted molar refractivity (Wildman–Crippen MR) is 231 cm³/mol. The number of ether oxygens (including phenoxy) is 1. The number of carbonyl (C=O) groups excluding carboxylic acids is 2. The van der Waals surface area contributed by atoms with E-state index in [1.807, 2.05) is 121 Å². The van der Waals surface area contributed by atoms with Crippen molar-refractivity contribution in [3.63, 3.8) is 0 Å². The van der Waals surface area contributed by atoms with Gasteiger partial charge in [0.25, 0.3) is 5.91 Å². The molecule has 1 aliphatic heterocycles. The van der Waals surface area contributed by atoms with Crippen molar-refractivity contribution in [3.8, 4) is 5.75 Å². The number of oxime groups is 1. The summed E-state index contributed by atoms with van der Waals surface area (Å²) in [5, 5.41) is 7.00. The monoisotopic (exact) mass is 874 g/mol. The third-order valence-corrected chi connectivity index (χ3v) is 11.3. The van der Waals surface area contributed by atoms with Gasteiger partial charge in [-0.25, -0.2) is 4.98 Å². The number of carbonyl (C=O) groups is 2. The first-order chi connectivity index (χ1) is 29.7. The van der Waals surface area contributed by atoms with Crippen molar-refractivity contribution in [1.82, 2.24) is 14.8 Å². The van der Waals surface area contributed by atoms with Gasteiger partial charge in [0, 0.05) is 17.9 Å². The molecule has 0 radical (unpaired) electrons. The summed E-state index contributed by atoms with van der Waals surface area (Å²) in [6, 6.07) is 39.3. The highest BCUT2D eigenvalue weighted by molar-refractivity contribution is 7.80. The number of β-lactam (4-membered cyclic amide) rings is 1. The number of pyridine rings is 1. The van der Waals surface area contributed by atoms with Gasteiger partial charge in [0.05, 0.1) is 22.7 Å². The number of rotatable bonds is 18. The minimum atomic E-state index is -5.01. The Morgan fingerprint density at radius 2 is 1.40 bits per heavy atom. The van der Waals surface area contributed by atoms with Crippen LogP contribution in [0.4, 0.5) is 0 Å². The molecule has 1 fully saturated rings. The Morgan fingerprint density at radius 1 is 0.887 bits per heavy atom. The van der Waals surface area contributed by atoms with Crippen molar-refractivity contribution in [1.29, 1.82) is 0 Å². The lowest BCUT2D eigenvalue weighted by molar-refractivity contribution is -0.228. The molecule has 1 unspecified atom stereocenters. The van der Waals surface area contributed by atoms with Crippen LogP contribution in [0.2, 0.25) is 0 Å². The molecule has 1 N–H and O–H groups in total. The van der Waals surface area contributed by atoms with Gasteiger partial charge in [-0.1, -0.05) is 133 Å². The summed E-state index contributed by atoms with van der Waals surface area (Å²) in [5.74, 6) is -2.58. The molecule has 0 aliphatic carbocycles. The molecular weight excluding hydrogens is 833 g/mol. The lowest BCUT2D eigenvalue weighted by Gasteiger charge is -2.50. The molecule has 1 saturated heterocycles. The molecule has 1 aliphatic rings. The Labute approximate surface area is 362 Å². The fraction of sp³-hybridized carbons (Fsp3) is 0.196. The van der Waals surface area contributed by atoms with Gasteiger partial charge < -0.3 is 14.4 Å². The molecule has 7 rings (SSSR count). The molecule has 2 atom stereocenters. The van der Waals surface area contributed by atoms with Crippen LogP contribution in [-0.4, -0.2) is 50.7 Å². The molecular formula is C46H42N4O10S2. The summed E-state index contributed by atoms with van der Waals surface area (Å²) in [6.45, 7) is 8.67. The Kier molecular flexibility index (Phi) is 12.9. The van der Waals surface area contributed by atoms with Crippen LogP contribution in [0.1, 0.15) is 77.2 Å². The van der Waals surface area contributed by atoms with Gasteiger partial charge in [0.2, 0.25) is 5.43 Å². The highest BCUT2D eigenvalue weighted by atomic mass is 32.3. The third kappa shape index (κ3) is 9.74. The molecule has 14 nitrogen and oxygen atoms in total. The van der Waals surface area contributed by atoms with E-state index in [2.05, 4.69) is 21.0 Å². The van der Waals surface area contributed by atoms with Gasteiger partial charge in [-0.15, -0.1) is 15.6 Å². The van der Waals surface area contributed by atoms with Crippen LogP contribution in [0.5, 0.6) is 5.75 Å². The zero-order valence-corrected chi connectivity index (χ0v) is 35.4. The van der Waals surface area contributed by atoms with Gasteiger partial charge in [-0.3, -0.25) is 18.9 Å². The summed E-state index contributed by atoms with van der Waals surface area (Å²) in [4.78, 5) is 58.5. The fourth-order valence-corrected chi connectivity index (χ4v) is 8.04. The van der Waals surface area contributed by atoms with E-state index in [1.165, 1.54) is 48.3 Å². The van der Waals surface area contributed by atoms with Gasteiger partial charge >= 0.3 is 10.4 Å². The third-order valence-electron chi connectivity index (χ3n) is 10.2. The van der Waals surface area contributed by atoms with E-state index in [0.717, 1.165) is 22.3 Å². The average Bonchev–Trinajstić information content (AvgIpc) is 3.71. The summed E-state index contributed by atoms with van der Waals surface area (Å²) < 4.78 is 44.4. The second-order valence-corrected chi connectivity index (χ2v) is 16.9. The van der Waals surface area contributed by atoms with Crippen LogP contribution in [0.3, 0.4) is 0 Å². The number of aryl methyl sites for hydroxylation is 1. The first-order valence-corrected chi connectivity index (χ1v) is 21.6. The minimum absolute atomic E-state index is 0.0359. The lowest BCUT2D eigenvalue weighted by Crippen LogP contribution is -2.68. The molecule has 318 valence electrons. The number of Topliss-reactive ketones (excluding diaryl/α,β-unsaturated/α-hetero) is 1. The molecule has 0 bridgehead atoms. The SMILES string of the molecule is C=CC(O/N=C(\C(=O)C[C@@H]1C(=O)N(OS(=O)(=O)O)C1(C)C)c1csc(C)n1)c1cc(=O)c(OC(c2ccccc2)c2ccccc2)cn1OC(c1ccccc1)c1ccccc1. The lowest BCUT2D eigenvalue weighted by atomic mass is 9.74. The maximum Gasteiger partial charge on any atom is 0.418 e. The smallest absolute Gasteiger partial charge is 0.418 e. The van der Waals surface area contributed by atoms with Crippen LogP contribution in [-0.2, 0) is 29.1 Å². The summed E-state index contributed by atoms with van der Waals surface area (Å²) in [5.41, 5.74) is 1.46. The quantitative estimate of drug-likeness (QED) is 0.0296. The number of nitrogens with zero attached hydrogens (tertiary/aromatic N) is 4. The molecule has 62 heavy (non-hydrogen) atoms. The van der Waals surface area contributed by atoms with E-state index in [4.69, 9.17) is 14.4 Å². The standard InChI is InChI=1S/C46H42N4O10S2/c1-5-40(58-48-42(36-29-61-30(2)47-36)39(52)26-35-45(53)50(46(35,3)4)60-62(54,55)56)37-27-38(51)41(57-43(31-18-10-6-11-19-31)32-20-12-7-13-21-32)28-49(37)59-44(33-22-14-8-15-23-33)34-24-16-9-17-25-34/h5-25,27-29,35,40,43-44H,1,26H2,2-4H3,(H,54,55,56)/b48-42-/t35-,40?/m1/s1. The number of aromatic nitrogens is 2. The van der Waals surface area contributed by atoms with Crippen LogP contribution in [0.25, 0.3) is 0 Å². The normalized spacial score (nSPS) is 15.5. The van der Waals surface area contributed by atoms with E-state index in [1.54, 1.807) is 12.3 Å². The first-order valence-electron chi connectivity index (χ1n) is 19.4. The minimum Gasteiger partial charge on any atom is -0.475 e. The van der Waals surface area contributed by atoms with Crippen molar-refractivity contribution in [3.05, 3.63) is 200 Å². The van der Waals surface area contributed by atoms with Gasteiger partial charge in [0.1, 0.15) is 17.5 Å². The Hall–Kier alpha value is -6.72. The number of ketones is 1. The second kappa shape index (κ2) is 18.5. The number of amides is 1. The summed E-state index contributed by atoms with van der Waals surface area (Å²) in [6.07, 6.45) is -0.205. The van der Waals surface area contributed by atoms with E-state index in [9.17, 15) is 27.4 Å². The molecule has 0 spiro atoms. The maximum absolute atomic E-state index is 14.2. The average molecular weight is 875 g/mol. The van der Waals surface area contributed by atoms with E-state index in [-0.39, 0.29) is 22.8 Å².